The molecule has 0 spiro atoms. The molecule has 2 rings (SSSR count). The van der Waals surface area contributed by atoms with Crippen molar-refractivity contribution in [3.05, 3.63) is 40.7 Å². The van der Waals surface area contributed by atoms with E-state index in [9.17, 15) is 4.79 Å². The van der Waals surface area contributed by atoms with E-state index in [0.29, 0.717) is 28.7 Å². The van der Waals surface area contributed by atoms with Gasteiger partial charge in [-0.05, 0) is 19.1 Å². The highest BCUT2D eigenvalue weighted by atomic mass is 35.5. The molecule has 0 saturated heterocycles. The lowest BCUT2D eigenvalue weighted by Crippen LogP contribution is -2.27. The third-order valence-corrected chi connectivity index (χ3v) is 3.46. The lowest BCUT2D eigenvalue weighted by atomic mass is 10.2. The van der Waals surface area contributed by atoms with Gasteiger partial charge in [0.05, 0.1) is 19.0 Å². The van der Waals surface area contributed by atoms with Gasteiger partial charge in [-0.15, -0.1) is 0 Å². The fourth-order valence-corrected chi connectivity index (χ4v) is 2.27. The van der Waals surface area contributed by atoms with Crippen molar-refractivity contribution in [2.24, 2.45) is 0 Å². The van der Waals surface area contributed by atoms with Crippen LogP contribution in [0.3, 0.4) is 0 Å². The number of methoxy groups -OCH3 is 1. The van der Waals surface area contributed by atoms with Gasteiger partial charge >= 0.3 is 0 Å². The molecule has 2 aromatic rings. The molecule has 6 nitrogen and oxygen atoms in total. The van der Waals surface area contributed by atoms with Crippen molar-refractivity contribution in [1.29, 1.82) is 0 Å². The molecule has 3 N–H and O–H groups in total. The first-order valence-corrected chi connectivity index (χ1v) is 6.87. The Morgan fingerprint density at radius 2 is 2.29 bits per heavy atom. The predicted octanol–water partition coefficient (Wildman–Crippen LogP) is 2.08. The van der Waals surface area contributed by atoms with Gasteiger partial charge in [0.15, 0.2) is 0 Å². The van der Waals surface area contributed by atoms with E-state index >= 15 is 0 Å². The topological polar surface area (TPSA) is 82.2 Å². The molecule has 0 bridgehead atoms. The number of ether oxygens (including phenoxy) is 1. The fourth-order valence-electron chi connectivity index (χ4n) is 2.04. The van der Waals surface area contributed by atoms with Crippen LogP contribution >= 0.6 is 11.6 Å². The third-order valence-electron chi connectivity index (χ3n) is 3.10. The average Bonchev–Trinajstić information content (AvgIpc) is 2.86. The number of halogens is 1. The van der Waals surface area contributed by atoms with Crippen LogP contribution in [0.1, 0.15) is 23.0 Å². The first-order chi connectivity index (χ1) is 10.1. The van der Waals surface area contributed by atoms with Crippen molar-refractivity contribution in [3.63, 3.8) is 0 Å². The quantitative estimate of drug-likeness (QED) is 0.886. The van der Waals surface area contributed by atoms with Gasteiger partial charge in [0.2, 0.25) is 0 Å². The number of nitrogens with two attached hydrogens (primary N) is 1. The summed E-state index contributed by atoms with van der Waals surface area (Å²) < 4.78 is 6.79. The molecule has 0 aliphatic heterocycles. The molecule has 21 heavy (non-hydrogen) atoms. The van der Waals surface area contributed by atoms with Crippen molar-refractivity contribution >= 4 is 23.2 Å². The number of amides is 1. The summed E-state index contributed by atoms with van der Waals surface area (Å²) in [5, 5.41) is 7.36. The van der Waals surface area contributed by atoms with Gasteiger partial charge in [-0.2, -0.15) is 5.10 Å². The minimum atomic E-state index is -0.297. The van der Waals surface area contributed by atoms with Crippen molar-refractivity contribution in [1.82, 2.24) is 15.1 Å². The number of rotatable bonds is 5. The molecule has 0 radical (unpaired) electrons. The molecule has 112 valence electrons. The summed E-state index contributed by atoms with van der Waals surface area (Å²) in [4.78, 5) is 12.3. The Morgan fingerprint density at radius 3 is 2.95 bits per heavy atom. The molecule has 1 aromatic heterocycles. The Morgan fingerprint density at radius 1 is 1.52 bits per heavy atom. The number of nitrogens with one attached hydrogen (secondary N) is 1. The van der Waals surface area contributed by atoms with Gasteiger partial charge in [0.1, 0.15) is 11.4 Å². The van der Waals surface area contributed by atoms with E-state index in [4.69, 9.17) is 22.1 Å². The zero-order valence-electron chi connectivity index (χ0n) is 11.9. The van der Waals surface area contributed by atoms with Gasteiger partial charge in [0.25, 0.3) is 5.91 Å². The molecular weight excluding hydrogens is 292 g/mol. The van der Waals surface area contributed by atoms with E-state index < -0.39 is 0 Å². The minimum Gasteiger partial charge on any atom is -0.496 e. The highest BCUT2D eigenvalue weighted by molar-refractivity contribution is 6.31. The molecule has 7 heteroatoms. The second kappa shape index (κ2) is 6.49. The van der Waals surface area contributed by atoms with Crippen LogP contribution in [-0.2, 0) is 13.1 Å². The third kappa shape index (κ3) is 3.11. The molecule has 0 fully saturated rings. The monoisotopic (exact) mass is 308 g/mol. The summed E-state index contributed by atoms with van der Waals surface area (Å²) in [6.07, 6.45) is 1.47. The Hall–Kier alpha value is -2.21. The Balaban J connectivity index is 2.17. The maximum atomic E-state index is 12.3. The van der Waals surface area contributed by atoms with Crippen LogP contribution in [0.4, 0.5) is 5.69 Å². The van der Waals surface area contributed by atoms with Crippen LogP contribution in [0.5, 0.6) is 5.75 Å². The Labute approximate surface area is 127 Å². The van der Waals surface area contributed by atoms with E-state index in [1.54, 1.807) is 30.0 Å². The van der Waals surface area contributed by atoms with Gasteiger partial charge in [-0.25, -0.2) is 0 Å². The average molecular weight is 309 g/mol. The first-order valence-electron chi connectivity index (χ1n) is 6.49. The number of nitrogen functional groups attached to an aromatic ring is 1. The zero-order chi connectivity index (χ0) is 15.4. The summed E-state index contributed by atoms with van der Waals surface area (Å²) >= 11 is 6.13. The van der Waals surface area contributed by atoms with Crippen LogP contribution < -0.4 is 15.8 Å². The number of aryl methyl sites for hydroxylation is 1. The summed E-state index contributed by atoms with van der Waals surface area (Å²) in [6.45, 7) is 2.70. The summed E-state index contributed by atoms with van der Waals surface area (Å²) in [6, 6.07) is 5.32. The number of carbonyl (C=O) groups excluding carboxylic acids is 1. The molecule has 1 heterocycles. The number of benzene rings is 1. The fraction of sp³-hybridized carbons (Fsp3) is 0.286. The Kier molecular flexibility index (Phi) is 4.70. The van der Waals surface area contributed by atoms with Crippen molar-refractivity contribution in [3.8, 4) is 5.75 Å². The Bertz CT molecular complexity index is 654. The smallest absolute Gasteiger partial charge is 0.271 e. The second-order valence-corrected chi connectivity index (χ2v) is 4.77. The number of hydrogen-bond donors (Lipinski definition) is 2. The first kappa shape index (κ1) is 15.2. The normalized spacial score (nSPS) is 10.4. The van der Waals surface area contributed by atoms with Crippen LogP contribution in [0.2, 0.25) is 5.02 Å². The zero-order valence-corrected chi connectivity index (χ0v) is 12.6. The highest BCUT2D eigenvalue weighted by Gasteiger charge is 2.17. The molecule has 1 amide bonds. The molecule has 0 aliphatic rings. The van der Waals surface area contributed by atoms with Gasteiger partial charge in [-0.3, -0.25) is 9.48 Å². The van der Waals surface area contributed by atoms with Crippen LogP contribution in [0, 0.1) is 0 Å². The van der Waals surface area contributed by atoms with Crippen molar-refractivity contribution in [2.45, 2.75) is 20.0 Å². The standard InChI is InChI=1S/C14H17ClN4O2/c1-3-19-13(11(16)8-18-19)14(20)17-7-9-10(15)5-4-6-12(9)21-2/h4-6,8H,3,7,16H2,1-2H3,(H,17,20). The molecule has 0 unspecified atom stereocenters. The highest BCUT2D eigenvalue weighted by Crippen LogP contribution is 2.26. The maximum absolute atomic E-state index is 12.3. The van der Waals surface area contributed by atoms with Crippen molar-refractivity contribution in [2.75, 3.05) is 12.8 Å². The van der Waals surface area contributed by atoms with E-state index in [2.05, 4.69) is 10.4 Å². The molecule has 0 saturated carbocycles. The number of nitrogens with zero attached hydrogens (tertiary/aromatic N) is 2. The largest absolute Gasteiger partial charge is 0.496 e. The second-order valence-electron chi connectivity index (χ2n) is 4.37. The van der Waals surface area contributed by atoms with E-state index in [0.717, 1.165) is 5.56 Å². The number of anilines is 1. The molecular formula is C14H17ClN4O2. The van der Waals surface area contributed by atoms with Gasteiger partial charge in [0, 0.05) is 23.7 Å². The maximum Gasteiger partial charge on any atom is 0.271 e. The number of carbonyl (C=O) groups is 1. The number of hydrogen-bond acceptors (Lipinski definition) is 4. The lowest BCUT2D eigenvalue weighted by molar-refractivity contribution is 0.0941. The van der Waals surface area contributed by atoms with Crippen molar-refractivity contribution < 1.29 is 9.53 Å². The number of aromatic nitrogens is 2. The molecule has 0 atom stereocenters. The lowest BCUT2D eigenvalue weighted by Gasteiger charge is -2.12. The summed E-state index contributed by atoms with van der Waals surface area (Å²) in [5.41, 5.74) is 7.19. The summed E-state index contributed by atoms with van der Waals surface area (Å²) in [7, 11) is 1.56. The van der Waals surface area contributed by atoms with E-state index in [1.165, 1.54) is 6.20 Å². The van der Waals surface area contributed by atoms with Crippen LogP contribution in [0.25, 0.3) is 0 Å². The SMILES string of the molecule is CCn1ncc(N)c1C(=O)NCc1c(Cl)cccc1OC. The minimum absolute atomic E-state index is 0.246. The van der Waals surface area contributed by atoms with E-state index in [1.807, 2.05) is 6.92 Å². The molecule has 0 aliphatic carbocycles. The van der Waals surface area contributed by atoms with Gasteiger partial charge < -0.3 is 15.8 Å². The molecule has 1 aromatic carbocycles. The van der Waals surface area contributed by atoms with E-state index in [-0.39, 0.29) is 12.5 Å². The predicted molar refractivity (Wildman–Crippen MR) is 81.5 cm³/mol. The van der Waals surface area contributed by atoms with Crippen LogP contribution in [0.15, 0.2) is 24.4 Å². The van der Waals surface area contributed by atoms with Crippen LogP contribution in [-0.4, -0.2) is 22.8 Å². The van der Waals surface area contributed by atoms with Gasteiger partial charge in [-0.1, -0.05) is 17.7 Å². The summed E-state index contributed by atoms with van der Waals surface area (Å²) in [5.74, 6) is 0.327.